The van der Waals surface area contributed by atoms with E-state index < -0.39 is 5.92 Å². The maximum atomic E-state index is 13.2. The SMILES string of the molecule is O=C(CNC(=O)C(c1ccccc1)c1ccccc1)NN(c1ccccc1)c1ccccc1. The first-order valence-corrected chi connectivity index (χ1v) is 10.8. The predicted molar refractivity (Wildman–Crippen MR) is 131 cm³/mol. The third-order valence-corrected chi connectivity index (χ3v) is 5.22. The highest BCUT2D eigenvalue weighted by Crippen LogP contribution is 2.25. The van der Waals surface area contributed by atoms with E-state index in [1.807, 2.05) is 121 Å². The van der Waals surface area contributed by atoms with Crippen LogP contribution in [0.1, 0.15) is 17.0 Å². The lowest BCUT2D eigenvalue weighted by Gasteiger charge is -2.26. The molecule has 0 spiro atoms. The topological polar surface area (TPSA) is 61.4 Å². The van der Waals surface area contributed by atoms with Crippen LogP contribution in [0.25, 0.3) is 0 Å². The van der Waals surface area contributed by atoms with Crippen molar-refractivity contribution in [3.05, 3.63) is 132 Å². The number of hydrogen-bond donors (Lipinski definition) is 2. The molecule has 2 amide bonds. The quantitative estimate of drug-likeness (QED) is 0.391. The first-order valence-electron chi connectivity index (χ1n) is 10.8. The Morgan fingerprint density at radius 2 is 1.00 bits per heavy atom. The summed E-state index contributed by atoms with van der Waals surface area (Å²) in [5.74, 6) is -1.05. The molecule has 0 aliphatic carbocycles. The summed E-state index contributed by atoms with van der Waals surface area (Å²) in [6.07, 6.45) is 0. The maximum Gasteiger partial charge on any atom is 0.258 e. The van der Waals surface area contributed by atoms with Crippen molar-refractivity contribution in [2.75, 3.05) is 11.6 Å². The van der Waals surface area contributed by atoms with E-state index in [9.17, 15) is 9.59 Å². The van der Waals surface area contributed by atoms with Crippen molar-refractivity contribution in [2.45, 2.75) is 5.92 Å². The van der Waals surface area contributed by atoms with Crippen molar-refractivity contribution in [1.82, 2.24) is 10.7 Å². The summed E-state index contributed by atoms with van der Waals surface area (Å²) in [6.45, 7) is -0.148. The number of nitrogens with one attached hydrogen (secondary N) is 2. The van der Waals surface area contributed by atoms with Crippen LogP contribution in [0.3, 0.4) is 0 Å². The monoisotopic (exact) mass is 435 g/mol. The molecule has 0 aliphatic heterocycles. The van der Waals surface area contributed by atoms with Crippen molar-refractivity contribution in [2.24, 2.45) is 0 Å². The molecule has 164 valence electrons. The lowest BCUT2D eigenvalue weighted by molar-refractivity contribution is -0.126. The van der Waals surface area contributed by atoms with Gasteiger partial charge in [-0.25, -0.2) is 0 Å². The Morgan fingerprint density at radius 1 is 0.606 bits per heavy atom. The Balaban J connectivity index is 1.48. The number of rotatable bonds is 8. The first-order chi connectivity index (χ1) is 16.2. The fourth-order valence-electron chi connectivity index (χ4n) is 3.65. The highest BCUT2D eigenvalue weighted by molar-refractivity contribution is 5.91. The van der Waals surface area contributed by atoms with E-state index in [1.54, 1.807) is 5.01 Å². The molecule has 0 radical (unpaired) electrons. The predicted octanol–water partition coefficient (Wildman–Crippen LogP) is 4.80. The van der Waals surface area contributed by atoms with Crippen LogP contribution >= 0.6 is 0 Å². The average molecular weight is 436 g/mol. The third kappa shape index (κ3) is 5.66. The van der Waals surface area contributed by atoms with Crippen molar-refractivity contribution < 1.29 is 9.59 Å². The molecule has 0 heterocycles. The van der Waals surface area contributed by atoms with Crippen LogP contribution < -0.4 is 15.8 Å². The molecule has 0 fully saturated rings. The molecular weight excluding hydrogens is 410 g/mol. The number of hydrazine groups is 1. The lowest BCUT2D eigenvalue weighted by Crippen LogP contribution is -2.45. The van der Waals surface area contributed by atoms with Crippen LogP contribution in [-0.4, -0.2) is 18.4 Å². The van der Waals surface area contributed by atoms with Gasteiger partial charge in [0.2, 0.25) is 5.91 Å². The Labute approximate surface area is 193 Å². The summed E-state index contributed by atoms with van der Waals surface area (Å²) in [5, 5.41) is 4.52. The zero-order valence-corrected chi connectivity index (χ0v) is 18.1. The van der Waals surface area contributed by atoms with Gasteiger partial charge < -0.3 is 5.32 Å². The van der Waals surface area contributed by atoms with E-state index in [4.69, 9.17) is 0 Å². The molecule has 4 rings (SSSR count). The second-order valence-electron chi connectivity index (χ2n) is 7.51. The van der Waals surface area contributed by atoms with Crippen molar-refractivity contribution in [3.8, 4) is 0 Å². The molecule has 0 bridgehead atoms. The fraction of sp³-hybridized carbons (Fsp3) is 0.0714. The lowest BCUT2D eigenvalue weighted by atomic mass is 9.90. The van der Waals surface area contributed by atoms with Gasteiger partial charge in [-0.05, 0) is 35.4 Å². The molecule has 4 aromatic rings. The van der Waals surface area contributed by atoms with Gasteiger partial charge in [-0.1, -0.05) is 97.1 Å². The summed E-state index contributed by atoms with van der Waals surface area (Å²) in [7, 11) is 0. The summed E-state index contributed by atoms with van der Waals surface area (Å²) < 4.78 is 0. The van der Waals surface area contributed by atoms with Gasteiger partial charge in [-0.15, -0.1) is 0 Å². The summed E-state index contributed by atoms with van der Waals surface area (Å²) in [6, 6.07) is 38.2. The number of carbonyl (C=O) groups is 2. The maximum absolute atomic E-state index is 13.2. The number of para-hydroxylation sites is 2. The summed E-state index contributed by atoms with van der Waals surface area (Å²) in [4.78, 5) is 26.0. The van der Waals surface area contributed by atoms with Crippen LogP contribution in [0, 0.1) is 0 Å². The Morgan fingerprint density at radius 3 is 1.42 bits per heavy atom. The average Bonchev–Trinajstić information content (AvgIpc) is 2.88. The minimum Gasteiger partial charge on any atom is -0.346 e. The Kier molecular flexibility index (Phi) is 7.13. The Bertz CT molecular complexity index is 1090. The number of hydrogen-bond acceptors (Lipinski definition) is 3. The Hall–Kier alpha value is -4.38. The molecule has 5 heteroatoms. The molecule has 0 saturated heterocycles. The van der Waals surface area contributed by atoms with E-state index in [0.29, 0.717) is 0 Å². The minimum atomic E-state index is -0.500. The van der Waals surface area contributed by atoms with Gasteiger partial charge in [0, 0.05) is 0 Å². The van der Waals surface area contributed by atoms with Crippen molar-refractivity contribution >= 4 is 23.2 Å². The number of anilines is 2. The standard InChI is InChI=1S/C28H25N3O2/c32-26(30-31(24-17-9-3-10-18-24)25-19-11-4-12-20-25)21-29-28(33)27(22-13-5-1-6-14-22)23-15-7-2-8-16-23/h1-20,27H,21H2,(H,29,33)(H,30,32). The van der Waals surface area contributed by atoms with Crippen molar-refractivity contribution in [3.63, 3.8) is 0 Å². The van der Waals surface area contributed by atoms with Gasteiger partial charge in [-0.2, -0.15) is 0 Å². The van der Waals surface area contributed by atoms with Gasteiger partial charge in [0.1, 0.15) is 0 Å². The molecule has 0 saturated carbocycles. The van der Waals surface area contributed by atoms with Gasteiger partial charge >= 0.3 is 0 Å². The van der Waals surface area contributed by atoms with Crippen LogP contribution in [0.5, 0.6) is 0 Å². The normalized spacial score (nSPS) is 10.5. The van der Waals surface area contributed by atoms with E-state index in [0.717, 1.165) is 22.5 Å². The molecule has 0 aromatic heterocycles. The number of carbonyl (C=O) groups excluding carboxylic acids is 2. The largest absolute Gasteiger partial charge is 0.346 e. The highest BCUT2D eigenvalue weighted by atomic mass is 16.2. The summed E-state index contributed by atoms with van der Waals surface area (Å²) in [5.41, 5.74) is 6.28. The van der Waals surface area contributed by atoms with E-state index >= 15 is 0 Å². The number of amides is 2. The number of benzene rings is 4. The van der Waals surface area contributed by atoms with Crippen LogP contribution in [0.2, 0.25) is 0 Å². The van der Waals surface area contributed by atoms with Crippen LogP contribution in [0.15, 0.2) is 121 Å². The zero-order chi connectivity index (χ0) is 22.9. The zero-order valence-electron chi connectivity index (χ0n) is 18.1. The molecule has 2 N–H and O–H groups in total. The first kappa shape index (κ1) is 21.8. The fourth-order valence-corrected chi connectivity index (χ4v) is 3.65. The molecule has 0 aliphatic rings. The molecule has 33 heavy (non-hydrogen) atoms. The smallest absolute Gasteiger partial charge is 0.258 e. The van der Waals surface area contributed by atoms with Gasteiger partial charge in [0.15, 0.2) is 0 Å². The van der Waals surface area contributed by atoms with Crippen molar-refractivity contribution in [1.29, 1.82) is 0 Å². The van der Waals surface area contributed by atoms with E-state index in [2.05, 4.69) is 10.7 Å². The van der Waals surface area contributed by atoms with Gasteiger partial charge in [-0.3, -0.25) is 20.0 Å². The minimum absolute atomic E-state index is 0.148. The second kappa shape index (κ2) is 10.8. The molecule has 0 atom stereocenters. The van der Waals surface area contributed by atoms with Crippen LogP contribution in [0.4, 0.5) is 11.4 Å². The van der Waals surface area contributed by atoms with Gasteiger partial charge in [0.05, 0.1) is 23.8 Å². The van der Waals surface area contributed by atoms with E-state index in [-0.39, 0.29) is 18.4 Å². The summed E-state index contributed by atoms with van der Waals surface area (Å²) >= 11 is 0. The molecule has 0 unspecified atom stereocenters. The highest BCUT2D eigenvalue weighted by Gasteiger charge is 2.23. The van der Waals surface area contributed by atoms with Crippen LogP contribution in [-0.2, 0) is 9.59 Å². The second-order valence-corrected chi connectivity index (χ2v) is 7.51. The van der Waals surface area contributed by atoms with E-state index in [1.165, 1.54) is 0 Å². The molecular formula is C28H25N3O2. The van der Waals surface area contributed by atoms with Gasteiger partial charge in [0.25, 0.3) is 5.91 Å². The third-order valence-electron chi connectivity index (χ3n) is 5.22. The molecule has 5 nitrogen and oxygen atoms in total. The molecule has 4 aromatic carbocycles. The number of nitrogens with zero attached hydrogens (tertiary/aromatic N) is 1.